The molecule has 17 heavy (non-hydrogen) atoms. The van der Waals surface area contributed by atoms with Crippen molar-refractivity contribution in [1.29, 1.82) is 0 Å². The molecule has 1 aromatic heterocycles. The molecular formula is C10H15N3O4. The van der Waals surface area contributed by atoms with Gasteiger partial charge >= 0.3 is 5.82 Å². The standard InChI is InChI=1S/C10H15N3O4/c14-7-3-1-2-6-11-10(15)8-4-5-9(12-8)13(16)17/h4-5,12,14H,1-3,6-7H2,(H,11,15). The van der Waals surface area contributed by atoms with Gasteiger partial charge in [0.1, 0.15) is 0 Å². The number of carbonyl (C=O) groups is 1. The molecule has 0 aliphatic rings. The SMILES string of the molecule is O=C(NCCCCCO)c1ccc([N+](=O)[O-])[nH]1. The number of carbonyl (C=O) groups excluding carboxylic acids is 1. The summed E-state index contributed by atoms with van der Waals surface area (Å²) < 4.78 is 0. The number of nitrogens with one attached hydrogen (secondary N) is 2. The van der Waals surface area contributed by atoms with Crippen molar-refractivity contribution in [2.75, 3.05) is 13.2 Å². The van der Waals surface area contributed by atoms with Crippen LogP contribution in [0.2, 0.25) is 0 Å². The number of rotatable bonds is 7. The highest BCUT2D eigenvalue weighted by atomic mass is 16.6. The molecule has 94 valence electrons. The van der Waals surface area contributed by atoms with Crippen molar-refractivity contribution >= 4 is 11.7 Å². The quantitative estimate of drug-likeness (QED) is 0.373. The Morgan fingerprint density at radius 3 is 2.76 bits per heavy atom. The summed E-state index contributed by atoms with van der Waals surface area (Å²) in [7, 11) is 0. The molecule has 0 radical (unpaired) electrons. The third kappa shape index (κ3) is 4.23. The Hall–Kier alpha value is -1.89. The van der Waals surface area contributed by atoms with Crippen LogP contribution in [-0.2, 0) is 0 Å². The second kappa shape index (κ2) is 6.64. The highest BCUT2D eigenvalue weighted by Gasteiger charge is 2.14. The van der Waals surface area contributed by atoms with Gasteiger partial charge in [0.2, 0.25) is 0 Å². The van der Waals surface area contributed by atoms with E-state index in [-0.39, 0.29) is 24.0 Å². The van der Waals surface area contributed by atoms with Crippen molar-refractivity contribution in [2.24, 2.45) is 0 Å². The first kappa shape index (κ1) is 13.2. The van der Waals surface area contributed by atoms with E-state index in [2.05, 4.69) is 10.3 Å². The summed E-state index contributed by atoms with van der Waals surface area (Å²) in [4.78, 5) is 23.7. The van der Waals surface area contributed by atoms with Crippen LogP contribution in [0.3, 0.4) is 0 Å². The maximum absolute atomic E-state index is 11.5. The van der Waals surface area contributed by atoms with E-state index in [1.807, 2.05) is 0 Å². The molecule has 0 aliphatic heterocycles. The van der Waals surface area contributed by atoms with E-state index in [0.717, 1.165) is 12.8 Å². The van der Waals surface area contributed by atoms with Gasteiger partial charge in [-0.25, -0.2) is 4.98 Å². The molecule has 0 saturated carbocycles. The smallest absolute Gasteiger partial charge is 0.321 e. The van der Waals surface area contributed by atoms with Gasteiger partial charge in [-0.3, -0.25) is 4.79 Å². The fraction of sp³-hybridized carbons (Fsp3) is 0.500. The Kier molecular flexibility index (Phi) is 5.15. The molecule has 3 N–H and O–H groups in total. The number of aromatic amines is 1. The highest BCUT2D eigenvalue weighted by molar-refractivity contribution is 5.92. The minimum Gasteiger partial charge on any atom is -0.396 e. The first-order chi connectivity index (χ1) is 8.15. The lowest BCUT2D eigenvalue weighted by Gasteiger charge is -2.01. The molecule has 1 aromatic rings. The molecule has 1 rings (SSSR count). The second-order valence-corrected chi connectivity index (χ2v) is 3.55. The van der Waals surface area contributed by atoms with Crippen molar-refractivity contribution in [1.82, 2.24) is 10.3 Å². The van der Waals surface area contributed by atoms with Gasteiger partial charge in [-0.15, -0.1) is 0 Å². The van der Waals surface area contributed by atoms with Gasteiger partial charge in [0.25, 0.3) is 5.91 Å². The molecule has 1 amide bonds. The van der Waals surface area contributed by atoms with Crippen molar-refractivity contribution in [3.05, 3.63) is 27.9 Å². The number of nitrogens with zero attached hydrogens (tertiary/aromatic N) is 1. The highest BCUT2D eigenvalue weighted by Crippen LogP contribution is 2.09. The van der Waals surface area contributed by atoms with Crippen LogP contribution in [0.4, 0.5) is 5.82 Å². The van der Waals surface area contributed by atoms with Crippen molar-refractivity contribution in [2.45, 2.75) is 19.3 Å². The number of hydrogen-bond donors (Lipinski definition) is 3. The molecule has 0 atom stereocenters. The van der Waals surface area contributed by atoms with E-state index in [1.54, 1.807) is 0 Å². The number of aromatic nitrogens is 1. The molecular weight excluding hydrogens is 226 g/mol. The number of aliphatic hydroxyl groups is 1. The largest absolute Gasteiger partial charge is 0.396 e. The Morgan fingerprint density at radius 2 is 2.18 bits per heavy atom. The molecule has 0 bridgehead atoms. The molecule has 0 unspecified atom stereocenters. The van der Waals surface area contributed by atoms with Crippen LogP contribution in [0.1, 0.15) is 29.8 Å². The normalized spacial score (nSPS) is 10.2. The number of amides is 1. The van der Waals surface area contributed by atoms with Crippen LogP contribution in [-0.4, -0.2) is 34.1 Å². The summed E-state index contributed by atoms with van der Waals surface area (Å²) in [5.74, 6) is -0.558. The van der Waals surface area contributed by atoms with E-state index in [0.29, 0.717) is 13.0 Å². The van der Waals surface area contributed by atoms with Crippen molar-refractivity contribution in [3.63, 3.8) is 0 Å². The summed E-state index contributed by atoms with van der Waals surface area (Å²) >= 11 is 0. The van der Waals surface area contributed by atoms with Gasteiger partial charge in [-0.1, -0.05) is 0 Å². The number of aliphatic hydroxyl groups excluding tert-OH is 1. The van der Waals surface area contributed by atoms with Crippen LogP contribution in [0, 0.1) is 10.1 Å². The summed E-state index contributed by atoms with van der Waals surface area (Å²) in [6.45, 7) is 0.641. The Morgan fingerprint density at radius 1 is 1.41 bits per heavy atom. The van der Waals surface area contributed by atoms with E-state index in [9.17, 15) is 14.9 Å². The predicted molar refractivity (Wildman–Crippen MR) is 60.7 cm³/mol. The van der Waals surface area contributed by atoms with Crippen LogP contribution in [0.25, 0.3) is 0 Å². The fourth-order valence-electron chi connectivity index (χ4n) is 1.33. The maximum atomic E-state index is 11.5. The van der Waals surface area contributed by atoms with Crippen LogP contribution < -0.4 is 5.32 Å². The molecule has 0 spiro atoms. The molecule has 0 aliphatic carbocycles. The summed E-state index contributed by atoms with van der Waals surface area (Å²) in [5, 5.41) is 21.6. The lowest BCUT2D eigenvalue weighted by Crippen LogP contribution is -2.24. The fourth-order valence-corrected chi connectivity index (χ4v) is 1.33. The summed E-state index contributed by atoms with van der Waals surface area (Å²) in [6.07, 6.45) is 2.32. The molecule has 7 heteroatoms. The Labute approximate surface area is 98.0 Å². The van der Waals surface area contributed by atoms with Gasteiger partial charge in [0, 0.05) is 19.2 Å². The predicted octanol–water partition coefficient (Wildman–Crippen LogP) is 0.815. The zero-order chi connectivity index (χ0) is 12.7. The second-order valence-electron chi connectivity index (χ2n) is 3.55. The van der Waals surface area contributed by atoms with Crippen LogP contribution in [0.15, 0.2) is 12.1 Å². The van der Waals surface area contributed by atoms with Crippen molar-refractivity contribution in [3.8, 4) is 0 Å². The van der Waals surface area contributed by atoms with Crippen molar-refractivity contribution < 1.29 is 14.8 Å². The van der Waals surface area contributed by atoms with E-state index in [4.69, 9.17) is 5.11 Å². The summed E-state index contributed by atoms with van der Waals surface area (Å²) in [6, 6.07) is 2.63. The zero-order valence-electron chi connectivity index (χ0n) is 9.31. The number of nitro groups is 1. The number of H-pyrrole nitrogens is 1. The molecule has 0 fully saturated rings. The zero-order valence-corrected chi connectivity index (χ0v) is 9.31. The first-order valence-corrected chi connectivity index (χ1v) is 5.37. The van der Waals surface area contributed by atoms with Gasteiger partial charge in [-0.05, 0) is 30.3 Å². The van der Waals surface area contributed by atoms with E-state index >= 15 is 0 Å². The van der Waals surface area contributed by atoms with Gasteiger partial charge in [0.05, 0.1) is 0 Å². The Bertz CT molecular complexity index is 389. The monoisotopic (exact) mass is 241 g/mol. The molecule has 7 nitrogen and oxygen atoms in total. The average Bonchev–Trinajstić information content (AvgIpc) is 2.78. The van der Waals surface area contributed by atoms with E-state index in [1.165, 1.54) is 12.1 Å². The lowest BCUT2D eigenvalue weighted by molar-refractivity contribution is -0.389. The lowest BCUT2D eigenvalue weighted by atomic mass is 10.2. The summed E-state index contributed by atoms with van der Waals surface area (Å²) in [5.41, 5.74) is 0.179. The van der Waals surface area contributed by atoms with Gasteiger partial charge in [-0.2, -0.15) is 0 Å². The molecule has 0 saturated heterocycles. The minimum atomic E-state index is -0.585. The minimum absolute atomic E-state index is 0.150. The average molecular weight is 241 g/mol. The number of hydrogen-bond acceptors (Lipinski definition) is 4. The maximum Gasteiger partial charge on any atom is 0.321 e. The Balaban J connectivity index is 2.34. The topological polar surface area (TPSA) is 108 Å². The van der Waals surface area contributed by atoms with Gasteiger partial charge in [0.15, 0.2) is 5.69 Å². The third-order valence-electron chi connectivity index (χ3n) is 2.23. The van der Waals surface area contributed by atoms with E-state index < -0.39 is 4.92 Å². The number of unbranched alkanes of at least 4 members (excludes halogenated alkanes) is 2. The molecule has 1 heterocycles. The molecule has 0 aromatic carbocycles. The first-order valence-electron chi connectivity index (χ1n) is 5.37. The van der Waals surface area contributed by atoms with Crippen LogP contribution >= 0.6 is 0 Å². The van der Waals surface area contributed by atoms with Gasteiger partial charge < -0.3 is 20.5 Å². The van der Waals surface area contributed by atoms with Crippen LogP contribution in [0.5, 0.6) is 0 Å². The third-order valence-corrected chi connectivity index (χ3v) is 2.23.